The van der Waals surface area contributed by atoms with Gasteiger partial charge in [0.15, 0.2) is 5.13 Å². The van der Waals surface area contributed by atoms with Gasteiger partial charge in [0.25, 0.3) is 0 Å². The molecule has 1 atom stereocenters. The molecule has 1 saturated carbocycles. The van der Waals surface area contributed by atoms with Crippen molar-refractivity contribution in [1.82, 2.24) is 4.98 Å². The van der Waals surface area contributed by atoms with Gasteiger partial charge in [0.2, 0.25) is 0 Å². The molecule has 0 aliphatic heterocycles. The number of anilines is 1. The Labute approximate surface area is 104 Å². The quantitative estimate of drug-likeness (QED) is 0.890. The van der Waals surface area contributed by atoms with E-state index >= 15 is 0 Å². The molecule has 4 heteroatoms. The van der Waals surface area contributed by atoms with Crippen LogP contribution in [0, 0.1) is 17.7 Å². The number of nitrogens with zero attached hydrogens (tertiary/aromatic N) is 1. The smallest absolute Gasteiger partial charge is 0.183 e. The zero-order chi connectivity index (χ0) is 11.8. The van der Waals surface area contributed by atoms with Gasteiger partial charge < -0.3 is 5.32 Å². The third kappa shape index (κ3) is 2.41. The van der Waals surface area contributed by atoms with Gasteiger partial charge in [-0.3, -0.25) is 0 Å². The van der Waals surface area contributed by atoms with Crippen molar-refractivity contribution in [3.8, 4) is 0 Å². The highest BCUT2D eigenvalue weighted by atomic mass is 32.1. The highest BCUT2D eigenvalue weighted by Gasteiger charge is 2.27. The van der Waals surface area contributed by atoms with Crippen molar-refractivity contribution in [3.05, 3.63) is 24.0 Å². The van der Waals surface area contributed by atoms with Crippen LogP contribution in [0.4, 0.5) is 9.52 Å². The molecule has 17 heavy (non-hydrogen) atoms. The SMILES string of the molecule is CC(CNc1nc2ccc(F)cc2s1)C1CC1. The van der Waals surface area contributed by atoms with Crippen LogP contribution in [0.1, 0.15) is 19.8 Å². The third-order valence-corrected chi connectivity index (χ3v) is 4.33. The van der Waals surface area contributed by atoms with Gasteiger partial charge in [-0.2, -0.15) is 0 Å². The largest absolute Gasteiger partial charge is 0.361 e. The van der Waals surface area contributed by atoms with Crippen LogP contribution >= 0.6 is 11.3 Å². The molecule has 0 amide bonds. The summed E-state index contributed by atoms with van der Waals surface area (Å²) in [6.45, 7) is 3.24. The minimum absolute atomic E-state index is 0.195. The number of halogens is 1. The fourth-order valence-electron chi connectivity index (χ4n) is 2.05. The van der Waals surface area contributed by atoms with Crippen molar-refractivity contribution < 1.29 is 4.39 Å². The van der Waals surface area contributed by atoms with E-state index in [1.165, 1.54) is 30.2 Å². The number of hydrogen-bond acceptors (Lipinski definition) is 3. The van der Waals surface area contributed by atoms with Gasteiger partial charge in [0, 0.05) is 6.54 Å². The first-order valence-electron chi connectivity index (χ1n) is 6.02. The maximum absolute atomic E-state index is 13.0. The number of fused-ring (bicyclic) bond motifs is 1. The summed E-state index contributed by atoms with van der Waals surface area (Å²) < 4.78 is 13.9. The normalized spacial score (nSPS) is 17.3. The minimum Gasteiger partial charge on any atom is -0.361 e. The molecular weight excluding hydrogens is 235 g/mol. The minimum atomic E-state index is -0.195. The summed E-state index contributed by atoms with van der Waals surface area (Å²) in [4.78, 5) is 4.45. The van der Waals surface area contributed by atoms with E-state index < -0.39 is 0 Å². The van der Waals surface area contributed by atoms with Crippen LogP contribution in [0.5, 0.6) is 0 Å². The van der Waals surface area contributed by atoms with Crippen LogP contribution in [-0.4, -0.2) is 11.5 Å². The molecular formula is C13H15FN2S. The van der Waals surface area contributed by atoms with E-state index in [0.29, 0.717) is 5.92 Å². The highest BCUT2D eigenvalue weighted by molar-refractivity contribution is 7.22. The van der Waals surface area contributed by atoms with Crippen molar-refractivity contribution >= 4 is 26.7 Å². The molecule has 0 bridgehead atoms. The van der Waals surface area contributed by atoms with Gasteiger partial charge in [0.1, 0.15) is 5.82 Å². The monoisotopic (exact) mass is 250 g/mol. The molecule has 1 N–H and O–H groups in total. The Morgan fingerprint density at radius 3 is 3.12 bits per heavy atom. The van der Waals surface area contributed by atoms with Crippen molar-refractivity contribution in [1.29, 1.82) is 0 Å². The topological polar surface area (TPSA) is 24.9 Å². The summed E-state index contributed by atoms with van der Waals surface area (Å²) in [6.07, 6.45) is 2.74. The Hall–Kier alpha value is -1.16. The molecule has 0 radical (unpaired) electrons. The zero-order valence-electron chi connectivity index (χ0n) is 9.74. The summed E-state index contributed by atoms with van der Waals surface area (Å²) in [6, 6.07) is 4.73. The molecule has 1 unspecified atom stereocenters. The Kier molecular flexibility index (Phi) is 2.74. The second-order valence-electron chi connectivity index (χ2n) is 4.83. The summed E-state index contributed by atoms with van der Waals surface area (Å²) in [5.74, 6) is 1.41. The van der Waals surface area contributed by atoms with Crippen LogP contribution in [0.15, 0.2) is 18.2 Å². The lowest BCUT2D eigenvalue weighted by molar-refractivity contribution is 0.536. The Balaban J connectivity index is 1.72. The lowest BCUT2D eigenvalue weighted by Gasteiger charge is -2.09. The van der Waals surface area contributed by atoms with E-state index in [1.807, 2.05) is 0 Å². The van der Waals surface area contributed by atoms with E-state index in [1.54, 1.807) is 12.1 Å². The molecule has 1 aromatic carbocycles. The predicted molar refractivity (Wildman–Crippen MR) is 70.0 cm³/mol. The molecule has 1 aromatic heterocycles. The van der Waals surface area contributed by atoms with Crippen molar-refractivity contribution in [2.24, 2.45) is 11.8 Å². The average Bonchev–Trinajstić information content (AvgIpc) is 3.07. The van der Waals surface area contributed by atoms with Crippen LogP contribution in [0.25, 0.3) is 10.2 Å². The predicted octanol–water partition coefficient (Wildman–Crippen LogP) is 3.89. The lowest BCUT2D eigenvalue weighted by Crippen LogP contribution is -2.12. The van der Waals surface area contributed by atoms with Gasteiger partial charge in [0.05, 0.1) is 10.2 Å². The Bertz CT molecular complexity index is 533. The number of rotatable bonds is 4. The molecule has 0 spiro atoms. The summed E-state index contributed by atoms with van der Waals surface area (Å²) in [5.41, 5.74) is 0.873. The van der Waals surface area contributed by atoms with E-state index in [2.05, 4.69) is 17.2 Å². The molecule has 1 aliphatic rings. The molecule has 2 aromatic rings. The summed E-state index contributed by atoms with van der Waals surface area (Å²) in [5, 5.41) is 4.26. The van der Waals surface area contributed by atoms with Gasteiger partial charge in [-0.05, 0) is 42.9 Å². The highest BCUT2D eigenvalue weighted by Crippen LogP contribution is 2.36. The number of thiazole rings is 1. The fourth-order valence-corrected chi connectivity index (χ4v) is 2.95. The van der Waals surface area contributed by atoms with Crippen molar-refractivity contribution in [3.63, 3.8) is 0 Å². The van der Waals surface area contributed by atoms with Gasteiger partial charge in [-0.1, -0.05) is 18.3 Å². The lowest BCUT2D eigenvalue weighted by atomic mass is 10.1. The van der Waals surface area contributed by atoms with Crippen molar-refractivity contribution in [2.45, 2.75) is 19.8 Å². The first kappa shape index (κ1) is 11.0. The van der Waals surface area contributed by atoms with E-state index in [-0.39, 0.29) is 5.82 Å². The molecule has 1 fully saturated rings. The van der Waals surface area contributed by atoms with Crippen LogP contribution in [0.2, 0.25) is 0 Å². The zero-order valence-corrected chi connectivity index (χ0v) is 10.6. The second kappa shape index (κ2) is 4.26. The Morgan fingerprint density at radius 1 is 1.53 bits per heavy atom. The molecule has 90 valence electrons. The third-order valence-electron chi connectivity index (χ3n) is 3.35. The van der Waals surface area contributed by atoms with Crippen LogP contribution in [-0.2, 0) is 0 Å². The van der Waals surface area contributed by atoms with Crippen LogP contribution < -0.4 is 5.32 Å². The van der Waals surface area contributed by atoms with Gasteiger partial charge in [-0.25, -0.2) is 9.37 Å². The maximum Gasteiger partial charge on any atom is 0.183 e. The standard InChI is InChI=1S/C13H15FN2S/c1-8(9-2-3-9)7-15-13-16-11-5-4-10(14)6-12(11)17-13/h4-6,8-9H,2-3,7H2,1H3,(H,15,16). The van der Waals surface area contributed by atoms with E-state index in [9.17, 15) is 4.39 Å². The first-order chi connectivity index (χ1) is 8.22. The summed E-state index contributed by atoms with van der Waals surface area (Å²) >= 11 is 1.52. The average molecular weight is 250 g/mol. The van der Waals surface area contributed by atoms with E-state index in [4.69, 9.17) is 0 Å². The summed E-state index contributed by atoms with van der Waals surface area (Å²) in [7, 11) is 0. The number of hydrogen-bond donors (Lipinski definition) is 1. The molecule has 1 heterocycles. The Morgan fingerprint density at radius 2 is 2.35 bits per heavy atom. The number of nitrogens with one attached hydrogen (secondary N) is 1. The molecule has 0 saturated heterocycles. The van der Waals surface area contributed by atoms with E-state index in [0.717, 1.165) is 27.8 Å². The van der Waals surface area contributed by atoms with Crippen molar-refractivity contribution in [2.75, 3.05) is 11.9 Å². The van der Waals surface area contributed by atoms with Gasteiger partial charge in [-0.15, -0.1) is 0 Å². The molecule has 3 rings (SSSR count). The second-order valence-corrected chi connectivity index (χ2v) is 5.86. The fraction of sp³-hybridized carbons (Fsp3) is 0.462. The number of benzene rings is 1. The first-order valence-corrected chi connectivity index (χ1v) is 6.84. The molecule has 1 aliphatic carbocycles. The van der Waals surface area contributed by atoms with Crippen LogP contribution in [0.3, 0.4) is 0 Å². The van der Waals surface area contributed by atoms with Gasteiger partial charge >= 0.3 is 0 Å². The number of aromatic nitrogens is 1. The molecule has 2 nitrogen and oxygen atoms in total. The maximum atomic E-state index is 13.0.